The van der Waals surface area contributed by atoms with Crippen LogP contribution in [0.4, 0.5) is 0 Å². The molecule has 1 aromatic carbocycles. The summed E-state index contributed by atoms with van der Waals surface area (Å²) in [5.74, 6) is 0.0562. The van der Waals surface area contributed by atoms with E-state index >= 15 is 0 Å². The molecular formula is C17H13ClN4O5S. The summed E-state index contributed by atoms with van der Waals surface area (Å²) in [7, 11) is -3.45. The van der Waals surface area contributed by atoms with Crippen LogP contribution in [0.1, 0.15) is 5.89 Å². The van der Waals surface area contributed by atoms with E-state index in [9.17, 15) is 13.2 Å². The van der Waals surface area contributed by atoms with Crippen molar-refractivity contribution in [3.63, 3.8) is 0 Å². The van der Waals surface area contributed by atoms with Crippen molar-refractivity contribution < 1.29 is 22.5 Å². The Balaban J connectivity index is 1.40. The van der Waals surface area contributed by atoms with Gasteiger partial charge in [0.25, 0.3) is 15.9 Å². The van der Waals surface area contributed by atoms with Crippen molar-refractivity contribution in [3.05, 3.63) is 59.1 Å². The Morgan fingerprint density at radius 2 is 2.04 bits per heavy atom. The second kappa shape index (κ2) is 7.21. The number of esters is 1. The van der Waals surface area contributed by atoms with Crippen LogP contribution in [0, 0.1) is 0 Å². The standard InChI is InChI=1S/C17H13ClN4O5S/c18-13-4-1-11(2-5-13)16-19-15(27-20-16)10-26-17(23)12-3-6-14-21-28(24,25)8-7-22(14)9-12/h1-6,9H,7-8,10H2. The summed E-state index contributed by atoms with van der Waals surface area (Å²) in [5.41, 5.74) is 0.978. The van der Waals surface area contributed by atoms with Crippen LogP contribution < -0.4 is 0 Å². The fourth-order valence-corrected chi connectivity index (χ4v) is 3.66. The Morgan fingerprint density at radius 3 is 2.82 bits per heavy atom. The number of hydrogen-bond acceptors (Lipinski definition) is 8. The SMILES string of the molecule is O=C(OCc1nc(-c2ccc(Cl)cc2)no1)C1=CN2CCS(=O)(=O)N=C2C=C1. The molecule has 3 heterocycles. The minimum absolute atomic E-state index is 0.112. The molecule has 9 nitrogen and oxygen atoms in total. The molecule has 2 aliphatic rings. The first-order valence-corrected chi connectivity index (χ1v) is 10.1. The lowest BCUT2D eigenvalue weighted by molar-refractivity contribution is -0.140. The summed E-state index contributed by atoms with van der Waals surface area (Å²) in [4.78, 5) is 18.0. The molecule has 0 saturated heterocycles. The molecule has 2 aliphatic heterocycles. The molecule has 0 saturated carbocycles. The number of hydrogen-bond donors (Lipinski definition) is 0. The summed E-state index contributed by atoms with van der Waals surface area (Å²) in [6, 6.07) is 6.91. The zero-order chi connectivity index (χ0) is 19.7. The smallest absolute Gasteiger partial charge is 0.340 e. The van der Waals surface area contributed by atoms with Gasteiger partial charge in [-0.3, -0.25) is 0 Å². The van der Waals surface area contributed by atoms with Crippen molar-refractivity contribution in [2.75, 3.05) is 12.3 Å². The van der Waals surface area contributed by atoms with Gasteiger partial charge in [-0.15, -0.1) is 4.40 Å². The highest BCUT2D eigenvalue weighted by Gasteiger charge is 2.25. The zero-order valence-corrected chi connectivity index (χ0v) is 15.9. The highest BCUT2D eigenvalue weighted by atomic mass is 35.5. The van der Waals surface area contributed by atoms with Crippen molar-refractivity contribution in [2.24, 2.45) is 4.40 Å². The number of amidine groups is 1. The predicted molar refractivity (Wildman–Crippen MR) is 99.7 cm³/mol. The minimum Gasteiger partial charge on any atom is -0.452 e. The molecule has 144 valence electrons. The molecule has 0 aliphatic carbocycles. The first-order chi connectivity index (χ1) is 13.4. The van der Waals surface area contributed by atoms with Gasteiger partial charge >= 0.3 is 5.97 Å². The maximum atomic E-state index is 12.3. The monoisotopic (exact) mass is 420 g/mol. The second-order valence-electron chi connectivity index (χ2n) is 5.94. The summed E-state index contributed by atoms with van der Waals surface area (Å²) in [5, 5.41) is 4.44. The van der Waals surface area contributed by atoms with Crippen LogP contribution in [0.3, 0.4) is 0 Å². The Labute approximate surface area is 165 Å². The van der Waals surface area contributed by atoms with Crippen LogP contribution >= 0.6 is 11.6 Å². The maximum absolute atomic E-state index is 12.3. The van der Waals surface area contributed by atoms with Crippen molar-refractivity contribution in [1.82, 2.24) is 15.0 Å². The van der Waals surface area contributed by atoms with Crippen molar-refractivity contribution >= 4 is 33.4 Å². The van der Waals surface area contributed by atoms with Crippen LogP contribution in [0.25, 0.3) is 11.4 Å². The van der Waals surface area contributed by atoms with Crippen LogP contribution in [-0.2, 0) is 26.2 Å². The Morgan fingerprint density at radius 1 is 1.25 bits per heavy atom. The van der Waals surface area contributed by atoms with Gasteiger partial charge in [-0.2, -0.15) is 4.98 Å². The van der Waals surface area contributed by atoms with E-state index in [0.717, 1.165) is 5.56 Å². The number of halogens is 1. The van der Waals surface area contributed by atoms with E-state index < -0.39 is 16.0 Å². The molecule has 0 bridgehead atoms. The Bertz CT molecular complexity index is 1120. The summed E-state index contributed by atoms with van der Waals surface area (Å²) in [6.45, 7) is 0.0241. The van der Waals surface area contributed by atoms with Crippen molar-refractivity contribution in [1.29, 1.82) is 0 Å². The number of carbonyl (C=O) groups excluding carboxylic acids is 1. The Kier molecular flexibility index (Phi) is 4.73. The fraction of sp³-hybridized carbons (Fsp3) is 0.176. The van der Waals surface area contributed by atoms with Gasteiger partial charge in [0.2, 0.25) is 5.82 Å². The number of rotatable bonds is 4. The lowest BCUT2D eigenvalue weighted by atomic mass is 10.2. The quantitative estimate of drug-likeness (QED) is 0.689. The van der Waals surface area contributed by atoms with Crippen LogP contribution in [0.2, 0.25) is 5.02 Å². The lowest BCUT2D eigenvalue weighted by Gasteiger charge is -2.26. The molecule has 4 rings (SSSR count). The average Bonchev–Trinajstić information content (AvgIpc) is 3.14. The third kappa shape index (κ3) is 3.97. The number of carbonyl (C=O) groups is 1. The molecule has 0 unspecified atom stereocenters. The number of nitrogens with zero attached hydrogens (tertiary/aromatic N) is 4. The van der Waals surface area contributed by atoms with Gasteiger partial charge in [-0.1, -0.05) is 16.8 Å². The molecule has 0 amide bonds. The molecule has 1 aromatic heterocycles. The second-order valence-corrected chi connectivity index (χ2v) is 8.13. The van der Waals surface area contributed by atoms with E-state index in [1.807, 2.05) is 0 Å². The normalized spacial score (nSPS) is 17.5. The fourth-order valence-electron chi connectivity index (χ4n) is 2.56. The first-order valence-electron chi connectivity index (χ1n) is 8.14. The van der Waals surface area contributed by atoms with E-state index in [-0.39, 0.29) is 36.2 Å². The van der Waals surface area contributed by atoms with Gasteiger partial charge in [-0.05, 0) is 36.4 Å². The van der Waals surface area contributed by atoms with Gasteiger partial charge in [0.1, 0.15) is 5.84 Å². The predicted octanol–water partition coefficient (Wildman–Crippen LogP) is 1.93. The van der Waals surface area contributed by atoms with Crippen LogP contribution in [0.5, 0.6) is 0 Å². The molecule has 0 spiro atoms. The van der Waals surface area contributed by atoms with Crippen molar-refractivity contribution in [3.8, 4) is 11.4 Å². The highest BCUT2D eigenvalue weighted by Crippen LogP contribution is 2.20. The van der Waals surface area contributed by atoms with Gasteiger partial charge in [0, 0.05) is 23.3 Å². The number of benzene rings is 1. The largest absolute Gasteiger partial charge is 0.452 e. The van der Waals surface area contributed by atoms with E-state index in [2.05, 4.69) is 14.5 Å². The third-order valence-corrected chi connectivity index (χ3v) is 5.37. The highest BCUT2D eigenvalue weighted by molar-refractivity contribution is 7.90. The molecule has 28 heavy (non-hydrogen) atoms. The molecule has 0 N–H and O–H groups in total. The van der Waals surface area contributed by atoms with Gasteiger partial charge in [-0.25, -0.2) is 13.2 Å². The first kappa shape index (κ1) is 18.4. The molecule has 0 fully saturated rings. The number of ether oxygens (including phenoxy) is 1. The van der Waals surface area contributed by atoms with Gasteiger partial charge in [0.05, 0.1) is 11.3 Å². The van der Waals surface area contributed by atoms with E-state index in [0.29, 0.717) is 10.8 Å². The van der Waals surface area contributed by atoms with E-state index in [4.69, 9.17) is 20.9 Å². The summed E-state index contributed by atoms with van der Waals surface area (Å²) < 4.78 is 37.0. The van der Waals surface area contributed by atoms with Gasteiger partial charge < -0.3 is 14.2 Å². The van der Waals surface area contributed by atoms with Crippen LogP contribution in [-0.4, -0.2) is 47.6 Å². The summed E-state index contributed by atoms with van der Waals surface area (Å²) >= 11 is 5.85. The molecule has 0 atom stereocenters. The molecule has 2 aromatic rings. The lowest BCUT2D eigenvalue weighted by Crippen LogP contribution is -2.37. The third-order valence-electron chi connectivity index (χ3n) is 3.96. The van der Waals surface area contributed by atoms with Crippen molar-refractivity contribution in [2.45, 2.75) is 6.61 Å². The molecule has 0 radical (unpaired) electrons. The average molecular weight is 421 g/mol. The van der Waals surface area contributed by atoms with E-state index in [1.165, 1.54) is 18.4 Å². The van der Waals surface area contributed by atoms with Crippen LogP contribution in [0.15, 0.2) is 57.1 Å². The number of sulfonamides is 1. The molecule has 11 heteroatoms. The number of fused-ring (bicyclic) bond motifs is 1. The minimum atomic E-state index is -3.45. The molecular weight excluding hydrogens is 408 g/mol. The van der Waals surface area contributed by atoms with E-state index in [1.54, 1.807) is 29.2 Å². The zero-order valence-electron chi connectivity index (χ0n) is 14.3. The summed E-state index contributed by atoms with van der Waals surface area (Å²) in [6.07, 6.45) is 4.41. The maximum Gasteiger partial charge on any atom is 0.340 e. The number of aromatic nitrogens is 2. The Hall–Kier alpha value is -2.98. The topological polar surface area (TPSA) is 115 Å². The van der Waals surface area contributed by atoms with Gasteiger partial charge in [0.15, 0.2) is 6.61 Å².